The summed E-state index contributed by atoms with van der Waals surface area (Å²) in [4.78, 5) is 26.9. The summed E-state index contributed by atoms with van der Waals surface area (Å²) >= 11 is 20.8. The first kappa shape index (κ1) is 23.4. The van der Waals surface area contributed by atoms with Crippen LogP contribution in [-0.2, 0) is 16.2 Å². The number of rotatable bonds is 5. The average molecular weight is 562 g/mol. The average Bonchev–Trinajstić information content (AvgIpc) is 2.78. The van der Waals surface area contributed by atoms with E-state index in [9.17, 15) is 9.59 Å². The number of anilines is 1. The van der Waals surface area contributed by atoms with E-state index in [1.165, 1.54) is 11.0 Å². The van der Waals surface area contributed by atoms with Crippen LogP contribution in [0.1, 0.15) is 11.1 Å². The number of nitrogens with one attached hydrogen (secondary N) is 1. The lowest BCUT2D eigenvalue weighted by Crippen LogP contribution is -2.54. The van der Waals surface area contributed by atoms with E-state index in [0.29, 0.717) is 31.5 Å². The number of carbonyl (C=O) groups is 2. The summed E-state index contributed by atoms with van der Waals surface area (Å²) in [5, 5.41) is 3.68. The van der Waals surface area contributed by atoms with Crippen LogP contribution in [0.4, 0.5) is 5.69 Å². The molecule has 0 saturated carbocycles. The minimum atomic E-state index is -0.550. The molecule has 5 nitrogen and oxygen atoms in total. The smallest absolute Gasteiger partial charge is 0.270 e. The molecule has 1 saturated heterocycles. The van der Waals surface area contributed by atoms with Crippen molar-refractivity contribution in [3.8, 4) is 5.75 Å². The maximum Gasteiger partial charge on any atom is 0.270 e. The Morgan fingerprint density at radius 2 is 1.79 bits per heavy atom. The van der Waals surface area contributed by atoms with Gasteiger partial charge in [0.1, 0.15) is 17.9 Å². The Labute approximate surface area is 214 Å². The molecule has 1 aliphatic heterocycles. The lowest BCUT2D eigenvalue weighted by Gasteiger charge is -2.28. The zero-order valence-electron chi connectivity index (χ0n) is 16.8. The maximum atomic E-state index is 13.1. The molecule has 0 unspecified atom stereocenters. The van der Waals surface area contributed by atoms with Crippen molar-refractivity contribution in [1.29, 1.82) is 0 Å². The topological polar surface area (TPSA) is 58.6 Å². The lowest BCUT2D eigenvalue weighted by molar-refractivity contribution is -0.122. The van der Waals surface area contributed by atoms with Crippen molar-refractivity contribution in [3.63, 3.8) is 0 Å². The van der Waals surface area contributed by atoms with E-state index in [4.69, 9.17) is 40.2 Å². The number of hydrogen-bond donors (Lipinski definition) is 1. The molecular weight excluding hydrogens is 547 g/mol. The Kier molecular flexibility index (Phi) is 7.14. The highest BCUT2D eigenvalue weighted by atomic mass is 79.9. The third-order valence-electron chi connectivity index (χ3n) is 4.78. The highest BCUT2D eigenvalue weighted by Gasteiger charge is 2.34. The largest absolute Gasteiger partial charge is 0.488 e. The highest BCUT2D eigenvalue weighted by Crippen LogP contribution is 2.30. The van der Waals surface area contributed by atoms with E-state index >= 15 is 0 Å². The van der Waals surface area contributed by atoms with Crippen molar-refractivity contribution in [1.82, 2.24) is 5.32 Å². The van der Waals surface area contributed by atoms with Gasteiger partial charge in [-0.2, -0.15) is 0 Å². The first-order chi connectivity index (χ1) is 15.8. The molecule has 9 heteroatoms. The Morgan fingerprint density at radius 3 is 2.48 bits per heavy atom. The number of amides is 2. The number of thiocarbonyl (C=S) groups is 1. The predicted molar refractivity (Wildman–Crippen MR) is 138 cm³/mol. The second-order valence-corrected chi connectivity index (χ2v) is 9.09. The van der Waals surface area contributed by atoms with Gasteiger partial charge in [-0.3, -0.25) is 19.8 Å². The van der Waals surface area contributed by atoms with Crippen LogP contribution in [0, 0.1) is 0 Å². The van der Waals surface area contributed by atoms with Gasteiger partial charge in [0, 0.05) is 15.6 Å². The van der Waals surface area contributed by atoms with E-state index < -0.39 is 11.8 Å². The molecular formula is C24H15BrCl2N2O3S. The fraction of sp³-hybridized carbons (Fsp3) is 0.0417. The molecule has 0 spiro atoms. The van der Waals surface area contributed by atoms with Crippen LogP contribution in [-0.4, -0.2) is 16.9 Å². The van der Waals surface area contributed by atoms with Gasteiger partial charge in [-0.15, -0.1) is 0 Å². The minimum Gasteiger partial charge on any atom is -0.488 e. The van der Waals surface area contributed by atoms with E-state index in [1.54, 1.807) is 60.7 Å². The molecule has 1 aliphatic rings. The van der Waals surface area contributed by atoms with E-state index in [2.05, 4.69) is 21.2 Å². The van der Waals surface area contributed by atoms with Crippen molar-refractivity contribution in [2.45, 2.75) is 6.61 Å². The summed E-state index contributed by atoms with van der Waals surface area (Å²) in [6, 6.07) is 19.3. The molecule has 33 heavy (non-hydrogen) atoms. The SMILES string of the molecule is O=C1NC(=S)N(c2ccccc2)C(=O)/C1=C\c1ccc(OCc2ccc(Cl)cc2Cl)c(Br)c1. The zero-order chi connectivity index (χ0) is 23.5. The Hall–Kier alpha value is -2.71. The summed E-state index contributed by atoms with van der Waals surface area (Å²) in [6.07, 6.45) is 1.51. The molecule has 4 rings (SSSR count). The number of para-hydroxylation sites is 1. The molecule has 2 amide bonds. The van der Waals surface area contributed by atoms with Crippen LogP contribution >= 0.6 is 51.3 Å². The number of hydrogen-bond acceptors (Lipinski definition) is 4. The van der Waals surface area contributed by atoms with Crippen molar-refractivity contribution in [2.75, 3.05) is 4.90 Å². The van der Waals surface area contributed by atoms with E-state index in [0.717, 1.165) is 5.56 Å². The fourth-order valence-electron chi connectivity index (χ4n) is 3.15. The number of halogens is 3. The number of benzene rings is 3. The second-order valence-electron chi connectivity index (χ2n) is 7.01. The summed E-state index contributed by atoms with van der Waals surface area (Å²) in [5.74, 6) is -0.468. The normalized spacial score (nSPS) is 15.1. The van der Waals surface area contributed by atoms with Crippen LogP contribution in [0.15, 0.2) is 76.8 Å². The molecule has 0 bridgehead atoms. The molecule has 1 N–H and O–H groups in total. The first-order valence-electron chi connectivity index (χ1n) is 9.66. The van der Waals surface area contributed by atoms with Gasteiger partial charge in [-0.25, -0.2) is 0 Å². The second kappa shape index (κ2) is 10.1. The predicted octanol–water partition coefficient (Wildman–Crippen LogP) is 6.17. The van der Waals surface area contributed by atoms with Crippen LogP contribution < -0.4 is 15.0 Å². The Bertz CT molecular complexity index is 1300. The Morgan fingerprint density at radius 1 is 1.03 bits per heavy atom. The van der Waals surface area contributed by atoms with Gasteiger partial charge in [0.05, 0.1) is 10.2 Å². The standard InChI is InChI=1S/C24H15BrCl2N2O3S/c25-19-11-14(6-9-21(19)32-13-15-7-8-16(26)12-20(15)27)10-18-22(30)28-24(33)29(23(18)31)17-4-2-1-3-5-17/h1-12H,13H2,(H,28,30,33)/b18-10-. The number of carbonyl (C=O) groups excluding carboxylic acids is 2. The summed E-state index contributed by atoms with van der Waals surface area (Å²) in [5.41, 5.74) is 1.98. The molecule has 3 aromatic rings. The minimum absolute atomic E-state index is 0.0269. The van der Waals surface area contributed by atoms with Crippen LogP contribution in [0.2, 0.25) is 10.0 Å². The molecule has 0 radical (unpaired) electrons. The first-order valence-corrected chi connectivity index (χ1v) is 11.6. The zero-order valence-corrected chi connectivity index (χ0v) is 20.8. The van der Waals surface area contributed by atoms with E-state index in [-0.39, 0.29) is 17.3 Å². The molecule has 0 atom stereocenters. The maximum absolute atomic E-state index is 13.1. The van der Waals surface area contributed by atoms with Gasteiger partial charge in [-0.1, -0.05) is 53.5 Å². The van der Waals surface area contributed by atoms with Gasteiger partial charge in [0.15, 0.2) is 5.11 Å². The van der Waals surface area contributed by atoms with Gasteiger partial charge in [0.2, 0.25) is 0 Å². The molecule has 1 heterocycles. The van der Waals surface area contributed by atoms with Crippen LogP contribution in [0.5, 0.6) is 5.75 Å². The Balaban J connectivity index is 1.55. The van der Waals surface area contributed by atoms with Crippen molar-refractivity contribution in [2.24, 2.45) is 0 Å². The van der Waals surface area contributed by atoms with E-state index in [1.807, 2.05) is 6.07 Å². The quantitative estimate of drug-likeness (QED) is 0.230. The van der Waals surface area contributed by atoms with Crippen molar-refractivity contribution in [3.05, 3.63) is 97.9 Å². The molecule has 0 aromatic heterocycles. The fourth-order valence-corrected chi connectivity index (χ4v) is 4.41. The third kappa shape index (κ3) is 5.28. The van der Waals surface area contributed by atoms with Crippen LogP contribution in [0.3, 0.4) is 0 Å². The molecule has 1 fully saturated rings. The molecule has 166 valence electrons. The van der Waals surface area contributed by atoms with Crippen molar-refractivity contribution >= 4 is 80.0 Å². The summed E-state index contributed by atoms with van der Waals surface area (Å²) in [6.45, 7) is 0.249. The monoisotopic (exact) mass is 560 g/mol. The third-order valence-corrected chi connectivity index (χ3v) is 6.27. The van der Waals surface area contributed by atoms with Gasteiger partial charge >= 0.3 is 0 Å². The molecule has 0 aliphatic carbocycles. The van der Waals surface area contributed by atoms with Gasteiger partial charge in [0.25, 0.3) is 11.8 Å². The number of ether oxygens (including phenoxy) is 1. The van der Waals surface area contributed by atoms with Gasteiger partial charge in [-0.05, 0) is 76.2 Å². The lowest BCUT2D eigenvalue weighted by atomic mass is 10.1. The van der Waals surface area contributed by atoms with Crippen LogP contribution in [0.25, 0.3) is 6.08 Å². The summed E-state index contributed by atoms with van der Waals surface area (Å²) < 4.78 is 6.51. The summed E-state index contributed by atoms with van der Waals surface area (Å²) in [7, 11) is 0. The number of nitrogens with zero attached hydrogens (tertiary/aromatic N) is 1. The highest BCUT2D eigenvalue weighted by molar-refractivity contribution is 9.10. The van der Waals surface area contributed by atoms with Crippen molar-refractivity contribution < 1.29 is 14.3 Å². The van der Waals surface area contributed by atoms with Gasteiger partial charge < -0.3 is 4.74 Å². The molecule has 3 aromatic carbocycles.